The fourth-order valence-corrected chi connectivity index (χ4v) is 1.01. The molecule has 4 N–H and O–H groups in total. The average Bonchev–Trinajstić information content (AvgIpc) is 1.86. The molecule has 2 unspecified atom stereocenters. The van der Waals surface area contributed by atoms with Gasteiger partial charge in [-0.05, 0) is 20.3 Å². The van der Waals surface area contributed by atoms with E-state index in [9.17, 15) is 9.90 Å². The summed E-state index contributed by atoms with van der Waals surface area (Å²) in [6.45, 7) is 4.67. The Kier molecular flexibility index (Phi) is 3.24. The van der Waals surface area contributed by atoms with Crippen molar-refractivity contribution in [3.63, 3.8) is 0 Å². The molecule has 0 spiro atoms. The summed E-state index contributed by atoms with van der Waals surface area (Å²) in [5, 5.41) is 18.2. The smallest absolute Gasteiger partial charge is 0.337 e. The Morgan fingerprint density at radius 1 is 1.50 bits per heavy atom. The van der Waals surface area contributed by atoms with Gasteiger partial charge in [0.1, 0.15) is 0 Å². The summed E-state index contributed by atoms with van der Waals surface area (Å²) in [5.74, 6) is -1.28. The van der Waals surface area contributed by atoms with Gasteiger partial charge in [0.05, 0.1) is 5.54 Å². The van der Waals surface area contributed by atoms with Crippen LogP contribution in [0, 0.1) is 0 Å². The Bertz CT molecular complexity index is 175. The van der Waals surface area contributed by atoms with Crippen molar-refractivity contribution in [3.8, 4) is 0 Å². The minimum atomic E-state index is -1.86. The predicted octanol–water partition coefficient (Wildman–Crippen LogP) is 0.340. The first-order valence-electron chi connectivity index (χ1n) is 4.00. The van der Waals surface area contributed by atoms with Gasteiger partial charge in [-0.3, -0.25) is 0 Å². The summed E-state index contributed by atoms with van der Waals surface area (Å²) in [6.07, 6.45) is 1.22. The van der Waals surface area contributed by atoms with Crippen LogP contribution in [0.2, 0.25) is 0 Å². The number of aliphatic carboxylic acids is 1. The zero-order chi connectivity index (χ0) is 9.99. The van der Waals surface area contributed by atoms with E-state index in [4.69, 9.17) is 10.8 Å². The minimum absolute atomic E-state index is 0.478. The Labute approximate surface area is 72.4 Å². The number of nitrogens with two attached hydrogens (primary N) is 1. The van der Waals surface area contributed by atoms with Crippen molar-refractivity contribution >= 4 is 5.97 Å². The lowest BCUT2D eigenvalue weighted by Gasteiger charge is -2.36. The van der Waals surface area contributed by atoms with Gasteiger partial charge in [0.15, 0.2) is 5.60 Å². The molecule has 2 atom stereocenters. The second kappa shape index (κ2) is 3.41. The number of hydrogen-bond acceptors (Lipinski definition) is 3. The van der Waals surface area contributed by atoms with Crippen molar-refractivity contribution in [2.24, 2.45) is 5.73 Å². The molecule has 0 aromatic carbocycles. The number of aliphatic hydroxyl groups is 1. The molecule has 0 radical (unpaired) electrons. The molecule has 0 aromatic rings. The molecule has 0 aliphatic rings. The second-order valence-corrected chi connectivity index (χ2v) is 3.54. The monoisotopic (exact) mass is 175 g/mol. The second-order valence-electron chi connectivity index (χ2n) is 3.54. The highest BCUT2D eigenvalue weighted by molar-refractivity contribution is 5.78. The summed E-state index contributed by atoms with van der Waals surface area (Å²) in [5.41, 5.74) is 2.74. The van der Waals surface area contributed by atoms with Gasteiger partial charge >= 0.3 is 5.97 Å². The van der Waals surface area contributed by atoms with Crippen LogP contribution in [0.15, 0.2) is 0 Å². The van der Waals surface area contributed by atoms with E-state index in [-0.39, 0.29) is 0 Å². The van der Waals surface area contributed by atoms with Crippen molar-refractivity contribution in [1.82, 2.24) is 0 Å². The molecule has 0 amide bonds. The van der Waals surface area contributed by atoms with Crippen LogP contribution in [0.3, 0.4) is 0 Å². The van der Waals surface area contributed by atoms with E-state index in [0.717, 1.165) is 6.42 Å². The largest absolute Gasteiger partial charge is 0.479 e. The van der Waals surface area contributed by atoms with Crippen molar-refractivity contribution in [2.45, 2.75) is 44.8 Å². The standard InChI is InChI=1S/C8H17NO3/c1-4-5-7(2,9)8(3,12)6(10)11/h12H,4-5,9H2,1-3H3,(H,10,11). The van der Waals surface area contributed by atoms with E-state index >= 15 is 0 Å². The minimum Gasteiger partial charge on any atom is -0.479 e. The fraction of sp³-hybridized carbons (Fsp3) is 0.875. The number of hydrogen-bond donors (Lipinski definition) is 3. The summed E-state index contributed by atoms with van der Waals surface area (Å²) in [6, 6.07) is 0. The van der Waals surface area contributed by atoms with Crippen molar-refractivity contribution in [1.29, 1.82) is 0 Å². The third-order valence-electron chi connectivity index (χ3n) is 2.30. The van der Waals surface area contributed by atoms with Crippen molar-refractivity contribution < 1.29 is 15.0 Å². The van der Waals surface area contributed by atoms with E-state index in [1.54, 1.807) is 6.92 Å². The fourth-order valence-electron chi connectivity index (χ4n) is 1.01. The van der Waals surface area contributed by atoms with Crippen LogP contribution in [0.5, 0.6) is 0 Å². The van der Waals surface area contributed by atoms with Gasteiger partial charge in [0.2, 0.25) is 0 Å². The highest BCUT2D eigenvalue weighted by Gasteiger charge is 2.45. The van der Waals surface area contributed by atoms with Crippen LogP contribution in [0.4, 0.5) is 0 Å². The quantitative estimate of drug-likeness (QED) is 0.575. The van der Waals surface area contributed by atoms with Gasteiger partial charge in [-0.1, -0.05) is 13.3 Å². The number of carboxylic acids is 1. The summed E-state index contributed by atoms with van der Waals surface area (Å²) in [7, 11) is 0. The van der Waals surface area contributed by atoms with Gasteiger partial charge in [-0.25, -0.2) is 4.79 Å². The highest BCUT2D eigenvalue weighted by Crippen LogP contribution is 2.24. The van der Waals surface area contributed by atoms with Crippen LogP contribution in [-0.2, 0) is 4.79 Å². The molecular formula is C8H17NO3. The molecule has 4 nitrogen and oxygen atoms in total. The van der Waals surface area contributed by atoms with E-state index in [0.29, 0.717) is 6.42 Å². The maximum Gasteiger partial charge on any atom is 0.337 e. The summed E-state index contributed by atoms with van der Waals surface area (Å²) < 4.78 is 0. The topological polar surface area (TPSA) is 83.5 Å². The van der Waals surface area contributed by atoms with Crippen molar-refractivity contribution in [2.75, 3.05) is 0 Å². The molecule has 0 saturated heterocycles. The Morgan fingerprint density at radius 3 is 2.17 bits per heavy atom. The Hall–Kier alpha value is -0.610. The maximum atomic E-state index is 10.6. The van der Waals surface area contributed by atoms with Gasteiger partial charge < -0.3 is 15.9 Å². The van der Waals surface area contributed by atoms with Crippen LogP contribution < -0.4 is 5.73 Å². The molecule has 0 rings (SSSR count). The lowest BCUT2D eigenvalue weighted by Crippen LogP contribution is -2.61. The van der Waals surface area contributed by atoms with Crippen LogP contribution in [0.25, 0.3) is 0 Å². The zero-order valence-corrected chi connectivity index (χ0v) is 7.79. The first kappa shape index (κ1) is 11.4. The first-order valence-corrected chi connectivity index (χ1v) is 4.00. The molecule has 0 aliphatic carbocycles. The van der Waals surface area contributed by atoms with Gasteiger partial charge in [0, 0.05) is 0 Å². The molecule has 0 fully saturated rings. The zero-order valence-electron chi connectivity index (χ0n) is 7.79. The Morgan fingerprint density at radius 2 is 1.92 bits per heavy atom. The van der Waals surface area contributed by atoms with Gasteiger partial charge in [0.25, 0.3) is 0 Å². The highest BCUT2D eigenvalue weighted by atomic mass is 16.4. The van der Waals surface area contributed by atoms with Crippen LogP contribution >= 0.6 is 0 Å². The van der Waals surface area contributed by atoms with E-state index in [1.165, 1.54) is 6.92 Å². The predicted molar refractivity (Wildman–Crippen MR) is 45.8 cm³/mol. The lowest BCUT2D eigenvalue weighted by molar-refractivity contribution is -0.163. The molecule has 4 heteroatoms. The number of rotatable bonds is 4. The normalized spacial score (nSPS) is 21.1. The third-order valence-corrected chi connectivity index (χ3v) is 2.30. The molecular weight excluding hydrogens is 158 g/mol. The average molecular weight is 175 g/mol. The van der Waals surface area contributed by atoms with Crippen LogP contribution in [0.1, 0.15) is 33.6 Å². The SMILES string of the molecule is CCCC(C)(N)C(C)(O)C(=O)O. The summed E-state index contributed by atoms with van der Waals surface area (Å²) in [4.78, 5) is 10.6. The molecule has 72 valence electrons. The first-order chi connectivity index (χ1) is 5.25. The van der Waals surface area contributed by atoms with Gasteiger partial charge in [-0.15, -0.1) is 0 Å². The summed E-state index contributed by atoms with van der Waals surface area (Å²) >= 11 is 0. The maximum absolute atomic E-state index is 10.6. The van der Waals surface area contributed by atoms with Crippen molar-refractivity contribution in [3.05, 3.63) is 0 Å². The molecule has 0 aliphatic heterocycles. The number of carbonyl (C=O) groups is 1. The van der Waals surface area contributed by atoms with E-state index in [2.05, 4.69) is 0 Å². The number of carboxylic acid groups (broad SMARTS) is 1. The van der Waals surface area contributed by atoms with Gasteiger partial charge in [-0.2, -0.15) is 0 Å². The Balaban J connectivity index is 4.62. The molecule has 0 heterocycles. The molecule has 0 saturated carbocycles. The third kappa shape index (κ3) is 1.95. The molecule has 0 bridgehead atoms. The lowest BCUT2D eigenvalue weighted by atomic mass is 9.80. The van der Waals surface area contributed by atoms with E-state index in [1.807, 2.05) is 6.92 Å². The van der Waals surface area contributed by atoms with Crippen LogP contribution in [-0.4, -0.2) is 27.3 Å². The molecule has 0 aromatic heterocycles. The molecule has 12 heavy (non-hydrogen) atoms. The van der Waals surface area contributed by atoms with E-state index < -0.39 is 17.1 Å².